The molecule has 1 aromatic heterocycles. The first-order valence-corrected chi connectivity index (χ1v) is 5.48. The van der Waals surface area contributed by atoms with Gasteiger partial charge in [0, 0.05) is 6.54 Å². The summed E-state index contributed by atoms with van der Waals surface area (Å²) in [6, 6.07) is 0. The molecular weight excluding hydrogens is 252 g/mol. The van der Waals surface area contributed by atoms with E-state index in [1.165, 1.54) is 23.2 Å². The number of aromatic amines is 1. The van der Waals surface area contributed by atoms with Gasteiger partial charge in [-0.2, -0.15) is 0 Å². The molecule has 0 spiro atoms. The zero-order valence-corrected chi connectivity index (χ0v) is 10.1. The van der Waals surface area contributed by atoms with E-state index < -0.39 is 5.56 Å². The van der Waals surface area contributed by atoms with Crippen LogP contribution in [-0.4, -0.2) is 27.2 Å². The standard InChI is InChI=1S/C11H10N4O2S/c1-2-3-15-10(17)8(9(16)14-11(15)18)4-7-5-12-6-13-7/h2,4-6,17H,1,3H2,(H,14,16,18). The van der Waals surface area contributed by atoms with Gasteiger partial charge in [0.05, 0.1) is 11.9 Å². The Morgan fingerprint density at radius 2 is 2.39 bits per heavy atom. The molecule has 0 saturated carbocycles. The van der Waals surface area contributed by atoms with Crippen molar-refractivity contribution < 1.29 is 5.11 Å². The Kier molecular flexibility index (Phi) is 3.33. The number of allylic oxidation sites excluding steroid dienone is 2. The zero-order valence-electron chi connectivity index (χ0n) is 9.33. The highest BCUT2D eigenvalue weighted by atomic mass is 32.1. The van der Waals surface area contributed by atoms with E-state index in [-0.39, 0.29) is 16.2 Å². The number of H-pyrrole nitrogens is 1. The molecule has 7 heteroatoms. The first-order valence-electron chi connectivity index (χ1n) is 5.08. The SMILES string of the molecule is C=CCn1c(O)c(C=C2C=NC=N2)c(=O)[nH]c1=S. The van der Waals surface area contributed by atoms with Crippen molar-refractivity contribution in [2.45, 2.75) is 6.54 Å². The maximum absolute atomic E-state index is 11.7. The van der Waals surface area contributed by atoms with E-state index in [9.17, 15) is 9.90 Å². The molecule has 0 saturated heterocycles. The maximum atomic E-state index is 11.7. The lowest BCUT2D eigenvalue weighted by Crippen LogP contribution is -2.16. The largest absolute Gasteiger partial charge is 0.494 e. The van der Waals surface area contributed by atoms with Crippen LogP contribution in [-0.2, 0) is 6.54 Å². The van der Waals surface area contributed by atoms with E-state index in [2.05, 4.69) is 21.5 Å². The van der Waals surface area contributed by atoms with E-state index >= 15 is 0 Å². The summed E-state index contributed by atoms with van der Waals surface area (Å²) in [5.41, 5.74) is 0.102. The minimum atomic E-state index is -0.471. The summed E-state index contributed by atoms with van der Waals surface area (Å²) < 4.78 is 1.51. The van der Waals surface area contributed by atoms with Gasteiger partial charge in [-0.25, -0.2) is 9.98 Å². The monoisotopic (exact) mass is 262 g/mol. The van der Waals surface area contributed by atoms with Crippen molar-refractivity contribution in [1.29, 1.82) is 0 Å². The Morgan fingerprint density at radius 1 is 1.61 bits per heavy atom. The third-order valence-corrected chi connectivity index (χ3v) is 2.61. The third-order valence-electron chi connectivity index (χ3n) is 2.29. The number of aliphatic imine (C=N–C) groups is 2. The maximum Gasteiger partial charge on any atom is 0.262 e. The predicted molar refractivity (Wildman–Crippen MR) is 72.7 cm³/mol. The minimum Gasteiger partial charge on any atom is -0.494 e. The number of rotatable bonds is 3. The lowest BCUT2D eigenvalue weighted by molar-refractivity contribution is 0.412. The normalized spacial score (nSPS) is 15.4. The molecular formula is C11H10N4O2S. The summed E-state index contributed by atoms with van der Waals surface area (Å²) in [5, 5.41) is 10.0. The van der Waals surface area contributed by atoms with Crippen LogP contribution in [0.4, 0.5) is 0 Å². The molecule has 0 atom stereocenters. The topological polar surface area (TPSA) is 82.7 Å². The molecule has 1 aliphatic heterocycles. The summed E-state index contributed by atoms with van der Waals surface area (Å²) in [6.45, 7) is 3.86. The van der Waals surface area contributed by atoms with Crippen molar-refractivity contribution in [3.63, 3.8) is 0 Å². The quantitative estimate of drug-likeness (QED) is 0.635. The van der Waals surface area contributed by atoms with Crippen LogP contribution < -0.4 is 5.56 Å². The van der Waals surface area contributed by atoms with Gasteiger partial charge in [0.15, 0.2) is 4.77 Å². The number of aromatic nitrogens is 2. The number of aromatic hydroxyl groups is 1. The van der Waals surface area contributed by atoms with Crippen molar-refractivity contribution >= 4 is 30.8 Å². The van der Waals surface area contributed by atoms with Gasteiger partial charge < -0.3 is 5.11 Å². The molecule has 1 aliphatic rings. The second-order valence-electron chi connectivity index (χ2n) is 3.49. The highest BCUT2D eigenvalue weighted by molar-refractivity contribution is 7.71. The molecule has 0 aliphatic carbocycles. The molecule has 0 amide bonds. The van der Waals surface area contributed by atoms with Gasteiger partial charge in [-0.15, -0.1) is 6.58 Å². The van der Waals surface area contributed by atoms with Gasteiger partial charge in [0.25, 0.3) is 5.56 Å². The van der Waals surface area contributed by atoms with Gasteiger partial charge in [-0.3, -0.25) is 14.3 Å². The van der Waals surface area contributed by atoms with Crippen molar-refractivity contribution in [1.82, 2.24) is 9.55 Å². The second kappa shape index (κ2) is 4.92. The van der Waals surface area contributed by atoms with Crippen molar-refractivity contribution in [2.24, 2.45) is 9.98 Å². The smallest absolute Gasteiger partial charge is 0.262 e. The highest BCUT2D eigenvalue weighted by Crippen LogP contribution is 2.17. The Balaban J connectivity index is 2.64. The first-order chi connectivity index (χ1) is 8.63. The zero-order chi connectivity index (χ0) is 13.1. The van der Waals surface area contributed by atoms with Crippen LogP contribution in [0.25, 0.3) is 6.08 Å². The third kappa shape index (κ3) is 2.21. The Labute approximate surface area is 107 Å². The molecule has 0 fully saturated rings. The summed E-state index contributed by atoms with van der Waals surface area (Å²) >= 11 is 4.96. The molecule has 92 valence electrons. The number of nitrogens with zero attached hydrogens (tertiary/aromatic N) is 3. The van der Waals surface area contributed by atoms with E-state index in [4.69, 9.17) is 12.2 Å². The average Bonchev–Trinajstić information content (AvgIpc) is 2.83. The van der Waals surface area contributed by atoms with Crippen molar-refractivity contribution in [2.75, 3.05) is 0 Å². The molecule has 0 unspecified atom stereocenters. The first kappa shape index (κ1) is 12.2. The number of hydrogen-bond donors (Lipinski definition) is 2. The van der Waals surface area contributed by atoms with Crippen LogP contribution in [0, 0.1) is 4.77 Å². The number of nitrogens with one attached hydrogen (secondary N) is 1. The van der Waals surface area contributed by atoms with Gasteiger partial charge >= 0.3 is 0 Å². The van der Waals surface area contributed by atoms with Gasteiger partial charge in [-0.1, -0.05) is 6.08 Å². The van der Waals surface area contributed by atoms with E-state index in [0.29, 0.717) is 12.2 Å². The highest BCUT2D eigenvalue weighted by Gasteiger charge is 2.11. The van der Waals surface area contributed by atoms with Gasteiger partial charge in [-0.05, 0) is 18.3 Å². The lowest BCUT2D eigenvalue weighted by Gasteiger charge is -2.08. The fourth-order valence-electron chi connectivity index (χ4n) is 1.47. The molecule has 2 rings (SSSR count). The molecule has 2 N–H and O–H groups in total. The van der Waals surface area contributed by atoms with Crippen LogP contribution in [0.2, 0.25) is 0 Å². The molecule has 1 aromatic rings. The Bertz CT molecular complexity index is 680. The van der Waals surface area contributed by atoms with E-state index in [1.807, 2.05) is 0 Å². The van der Waals surface area contributed by atoms with Crippen LogP contribution in [0.15, 0.2) is 33.1 Å². The molecule has 0 bridgehead atoms. The fraction of sp³-hybridized carbons (Fsp3) is 0.0909. The van der Waals surface area contributed by atoms with Crippen LogP contribution >= 0.6 is 12.2 Å². The molecule has 0 aromatic carbocycles. The van der Waals surface area contributed by atoms with Gasteiger partial charge in [0.2, 0.25) is 5.88 Å². The summed E-state index contributed by atoms with van der Waals surface area (Å²) in [7, 11) is 0. The predicted octanol–water partition coefficient (Wildman–Crippen LogP) is 1.25. The van der Waals surface area contributed by atoms with Crippen LogP contribution in [0.5, 0.6) is 5.88 Å². The minimum absolute atomic E-state index is 0.0888. The Morgan fingerprint density at radius 3 is 3.00 bits per heavy atom. The molecule has 6 nitrogen and oxygen atoms in total. The average molecular weight is 262 g/mol. The van der Waals surface area contributed by atoms with Crippen molar-refractivity contribution in [3.8, 4) is 5.88 Å². The second-order valence-corrected chi connectivity index (χ2v) is 3.87. The Hall–Kier alpha value is -2.28. The molecule has 18 heavy (non-hydrogen) atoms. The molecule has 0 radical (unpaired) electrons. The van der Waals surface area contributed by atoms with Gasteiger partial charge in [0.1, 0.15) is 11.9 Å². The summed E-state index contributed by atoms with van der Waals surface area (Å²) in [6.07, 6.45) is 5.85. The van der Waals surface area contributed by atoms with E-state index in [1.54, 1.807) is 6.08 Å². The van der Waals surface area contributed by atoms with Crippen molar-refractivity contribution in [3.05, 3.63) is 39.0 Å². The summed E-state index contributed by atoms with van der Waals surface area (Å²) in [4.78, 5) is 21.9. The van der Waals surface area contributed by atoms with E-state index in [0.717, 1.165) is 0 Å². The van der Waals surface area contributed by atoms with Crippen LogP contribution in [0.3, 0.4) is 0 Å². The van der Waals surface area contributed by atoms with Crippen LogP contribution in [0.1, 0.15) is 5.56 Å². The fourth-order valence-corrected chi connectivity index (χ4v) is 1.72. The summed E-state index contributed by atoms with van der Waals surface area (Å²) in [5.74, 6) is -0.216. The molecule has 2 heterocycles. The number of hydrogen-bond acceptors (Lipinski definition) is 5. The lowest BCUT2D eigenvalue weighted by atomic mass is 10.2.